The molecule has 4 heteroatoms. The molecule has 0 unspecified atom stereocenters. The van der Waals surface area contributed by atoms with E-state index in [1.54, 1.807) is 0 Å². The van der Waals surface area contributed by atoms with Gasteiger partial charge in [-0.3, -0.25) is 0 Å². The molecule has 4 nitrogen and oxygen atoms in total. The number of fused-ring (bicyclic) bond motifs is 1. The molecule has 2 heterocycles. The van der Waals surface area contributed by atoms with Crippen LogP contribution in [0.15, 0.2) is 36.5 Å². The summed E-state index contributed by atoms with van der Waals surface area (Å²) < 4.78 is 1.86. The summed E-state index contributed by atoms with van der Waals surface area (Å²) in [5.41, 5.74) is 6.31. The summed E-state index contributed by atoms with van der Waals surface area (Å²) in [6, 6.07) is 10.5. The van der Waals surface area contributed by atoms with Crippen LogP contribution in [-0.4, -0.2) is 28.7 Å². The lowest BCUT2D eigenvalue weighted by Gasteiger charge is -2.11. The number of aryl methyl sites for hydroxylation is 2. The third kappa shape index (κ3) is 3.11. The Balaban J connectivity index is 0.000000847. The Morgan fingerprint density at radius 2 is 1.64 bits per heavy atom. The Labute approximate surface area is 132 Å². The number of rotatable bonds is 2. The number of hydrogen-bond donors (Lipinski definition) is 0. The SMILES string of the molecule is CC.Cc1cc(C)c2nc(-c3ccc(N(C)C)cc3)cn2n1. The first-order chi connectivity index (χ1) is 10.5. The Morgan fingerprint density at radius 3 is 2.23 bits per heavy atom. The normalized spacial score (nSPS) is 10.3. The molecular formula is C18H24N4. The van der Waals surface area contributed by atoms with Crippen molar-refractivity contribution in [2.75, 3.05) is 19.0 Å². The molecule has 0 fully saturated rings. The number of nitrogens with zero attached hydrogens (tertiary/aromatic N) is 4. The van der Waals surface area contributed by atoms with Crippen molar-refractivity contribution < 1.29 is 0 Å². The van der Waals surface area contributed by atoms with Gasteiger partial charge in [0.15, 0.2) is 5.65 Å². The first-order valence-corrected chi connectivity index (χ1v) is 7.66. The lowest BCUT2D eigenvalue weighted by Crippen LogP contribution is -2.07. The van der Waals surface area contributed by atoms with Gasteiger partial charge in [0, 0.05) is 25.3 Å². The van der Waals surface area contributed by atoms with E-state index in [1.807, 2.05) is 45.6 Å². The van der Waals surface area contributed by atoms with Crippen molar-refractivity contribution in [3.8, 4) is 11.3 Å². The van der Waals surface area contributed by atoms with Gasteiger partial charge in [-0.1, -0.05) is 26.0 Å². The van der Waals surface area contributed by atoms with E-state index in [1.165, 1.54) is 5.69 Å². The standard InChI is InChI=1S/C16H18N4.C2H6/c1-11-9-12(2)18-20-10-15(17-16(11)20)13-5-7-14(8-6-13)19(3)4;1-2/h5-10H,1-4H3;1-2H3. The Hall–Kier alpha value is -2.36. The van der Waals surface area contributed by atoms with E-state index < -0.39 is 0 Å². The van der Waals surface area contributed by atoms with E-state index in [2.05, 4.69) is 52.2 Å². The lowest BCUT2D eigenvalue weighted by atomic mass is 10.1. The summed E-state index contributed by atoms with van der Waals surface area (Å²) in [5.74, 6) is 0. The van der Waals surface area contributed by atoms with Crippen LogP contribution < -0.4 is 4.90 Å². The second kappa shape index (κ2) is 6.60. The number of benzene rings is 1. The third-order valence-electron chi connectivity index (χ3n) is 3.41. The first-order valence-electron chi connectivity index (χ1n) is 7.66. The fraction of sp³-hybridized carbons (Fsp3) is 0.333. The maximum Gasteiger partial charge on any atom is 0.157 e. The van der Waals surface area contributed by atoms with E-state index in [-0.39, 0.29) is 0 Å². The van der Waals surface area contributed by atoms with Gasteiger partial charge in [0.1, 0.15) is 0 Å². The van der Waals surface area contributed by atoms with Crippen LogP contribution in [0.3, 0.4) is 0 Å². The minimum Gasteiger partial charge on any atom is -0.378 e. The predicted octanol–water partition coefficient (Wildman–Crippen LogP) is 4.11. The molecule has 0 radical (unpaired) electrons. The maximum atomic E-state index is 4.68. The molecule has 1 aromatic carbocycles. The van der Waals surface area contributed by atoms with Crippen molar-refractivity contribution >= 4 is 11.3 Å². The topological polar surface area (TPSA) is 33.4 Å². The maximum absolute atomic E-state index is 4.68. The fourth-order valence-electron chi connectivity index (χ4n) is 2.36. The van der Waals surface area contributed by atoms with Crippen LogP contribution in [0.2, 0.25) is 0 Å². The van der Waals surface area contributed by atoms with Crippen molar-refractivity contribution in [3.05, 3.63) is 47.8 Å². The quantitative estimate of drug-likeness (QED) is 0.713. The summed E-state index contributed by atoms with van der Waals surface area (Å²) in [6.07, 6.45) is 1.99. The molecular weight excluding hydrogens is 272 g/mol. The van der Waals surface area contributed by atoms with Crippen molar-refractivity contribution in [3.63, 3.8) is 0 Å². The molecule has 0 amide bonds. The lowest BCUT2D eigenvalue weighted by molar-refractivity contribution is 0.893. The van der Waals surface area contributed by atoms with Gasteiger partial charge in [0.25, 0.3) is 0 Å². The molecule has 0 spiro atoms. The van der Waals surface area contributed by atoms with E-state index in [4.69, 9.17) is 0 Å². The zero-order chi connectivity index (χ0) is 16.3. The first kappa shape index (κ1) is 16.0. The van der Waals surface area contributed by atoms with E-state index in [0.717, 1.165) is 28.2 Å². The summed E-state index contributed by atoms with van der Waals surface area (Å²) in [4.78, 5) is 6.77. The van der Waals surface area contributed by atoms with Crippen molar-refractivity contribution in [1.82, 2.24) is 14.6 Å². The molecule has 3 aromatic rings. The van der Waals surface area contributed by atoms with Gasteiger partial charge in [0.2, 0.25) is 0 Å². The highest BCUT2D eigenvalue weighted by Gasteiger charge is 2.08. The predicted molar refractivity (Wildman–Crippen MR) is 93.6 cm³/mol. The molecule has 116 valence electrons. The summed E-state index contributed by atoms with van der Waals surface area (Å²) >= 11 is 0. The molecule has 0 N–H and O–H groups in total. The minimum atomic E-state index is 0.919. The van der Waals surface area contributed by atoms with Crippen LogP contribution in [-0.2, 0) is 0 Å². The van der Waals surface area contributed by atoms with Gasteiger partial charge in [0.05, 0.1) is 17.6 Å². The number of imidazole rings is 1. The third-order valence-corrected chi connectivity index (χ3v) is 3.41. The number of aromatic nitrogens is 3. The van der Waals surface area contributed by atoms with Gasteiger partial charge >= 0.3 is 0 Å². The van der Waals surface area contributed by atoms with Crippen LogP contribution >= 0.6 is 0 Å². The monoisotopic (exact) mass is 296 g/mol. The Bertz CT molecular complexity index is 755. The summed E-state index contributed by atoms with van der Waals surface area (Å²) in [5, 5.41) is 4.47. The van der Waals surface area contributed by atoms with Crippen LogP contribution in [0.25, 0.3) is 16.9 Å². The van der Waals surface area contributed by atoms with Gasteiger partial charge < -0.3 is 4.90 Å². The Kier molecular flexibility index (Phi) is 4.81. The van der Waals surface area contributed by atoms with Crippen LogP contribution in [0.1, 0.15) is 25.1 Å². The molecule has 0 aliphatic carbocycles. The zero-order valence-electron chi connectivity index (χ0n) is 14.3. The van der Waals surface area contributed by atoms with Gasteiger partial charge in [-0.05, 0) is 37.6 Å². The Morgan fingerprint density at radius 1 is 1.00 bits per heavy atom. The number of hydrogen-bond acceptors (Lipinski definition) is 3. The summed E-state index contributed by atoms with van der Waals surface area (Å²) in [6.45, 7) is 8.06. The highest BCUT2D eigenvalue weighted by atomic mass is 15.2. The average Bonchev–Trinajstić information content (AvgIpc) is 2.93. The van der Waals surface area contributed by atoms with Crippen LogP contribution in [0.4, 0.5) is 5.69 Å². The molecule has 0 atom stereocenters. The second-order valence-electron chi connectivity index (χ2n) is 5.30. The molecule has 2 aromatic heterocycles. The minimum absolute atomic E-state index is 0.919. The zero-order valence-corrected chi connectivity index (χ0v) is 14.3. The van der Waals surface area contributed by atoms with Crippen molar-refractivity contribution in [1.29, 1.82) is 0 Å². The van der Waals surface area contributed by atoms with Gasteiger partial charge in [-0.25, -0.2) is 9.50 Å². The van der Waals surface area contributed by atoms with Crippen molar-refractivity contribution in [2.24, 2.45) is 0 Å². The summed E-state index contributed by atoms with van der Waals surface area (Å²) in [7, 11) is 4.08. The highest BCUT2D eigenvalue weighted by Crippen LogP contribution is 2.23. The molecule has 0 bridgehead atoms. The van der Waals surface area contributed by atoms with E-state index in [0.29, 0.717) is 0 Å². The highest BCUT2D eigenvalue weighted by molar-refractivity contribution is 5.66. The van der Waals surface area contributed by atoms with Gasteiger partial charge in [-0.2, -0.15) is 5.10 Å². The van der Waals surface area contributed by atoms with Crippen molar-refractivity contribution in [2.45, 2.75) is 27.7 Å². The van der Waals surface area contributed by atoms with Crippen LogP contribution in [0, 0.1) is 13.8 Å². The van der Waals surface area contributed by atoms with E-state index in [9.17, 15) is 0 Å². The van der Waals surface area contributed by atoms with Gasteiger partial charge in [-0.15, -0.1) is 0 Å². The largest absolute Gasteiger partial charge is 0.378 e. The fourth-order valence-corrected chi connectivity index (χ4v) is 2.36. The number of anilines is 1. The second-order valence-corrected chi connectivity index (χ2v) is 5.30. The van der Waals surface area contributed by atoms with Crippen LogP contribution in [0.5, 0.6) is 0 Å². The smallest absolute Gasteiger partial charge is 0.157 e. The average molecular weight is 296 g/mol. The molecule has 3 rings (SSSR count). The molecule has 0 saturated carbocycles. The molecule has 0 aliphatic rings. The molecule has 0 aliphatic heterocycles. The molecule has 22 heavy (non-hydrogen) atoms. The molecule has 0 saturated heterocycles. The van der Waals surface area contributed by atoms with E-state index >= 15 is 0 Å².